The number of primary amides is 1. The van der Waals surface area contributed by atoms with E-state index in [1.807, 2.05) is 19.9 Å². The Morgan fingerprint density at radius 1 is 1.00 bits per heavy atom. The summed E-state index contributed by atoms with van der Waals surface area (Å²) < 4.78 is 0. The summed E-state index contributed by atoms with van der Waals surface area (Å²) in [7, 11) is 0. The topological polar surface area (TPSA) is 180 Å². The van der Waals surface area contributed by atoms with Gasteiger partial charge in [-0.05, 0) is 43.7 Å². The van der Waals surface area contributed by atoms with Crippen molar-refractivity contribution in [2.75, 3.05) is 6.54 Å². The van der Waals surface area contributed by atoms with E-state index in [1.54, 1.807) is 24.3 Å². The van der Waals surface area contributed by atoms with E-state index in [4.69, 9.17) is 5.73 Å². The lowest BCUT2D eigenvalue weighted by molar-refractivity contribution is -0.142. The van der Waals surface area contributed by atoms with Gasteiger partial charge < -0.3 is 32.1 Å². The van der Waals surface area contributed by atoms with Crippen molar-refractivity contribution in [2.24, 2.45) is 11.7 Å². The maximum Gasteiger partial charge on any atom is 0.326 e. The molecule has 11 nitrogen and oxygen atoms in total. The van der Waals surface area contributed by atoms with Gasteiger partial charge in [0, 0.05) is 12.8 Å². The van der Waals surface area contributed by atoms with Crippen molar-refractivity contribution in [3.8, 4) is 0 Å². The lowest BCUT2D eigenvalue weighted by Gasteiger charge is -2.26. The standard InChI is InChI=1S/C25H37N5O6/c1-15(2)13-19(29-22(32)17-9-6-12-27-17)23(33)30-20(14-16-7-4-3-5-8-16)24(34)28-18(25(35)36)10-11-21(26)31/h3-5,7-8,15,17-20,27H,6,9-14H2,1-2H3,(H2,26,31)(H,28,34)(H,29,32)(H,30,33)(H,35,36). The Hall–Kier alpha value is -3.47. The zero-order chi connectivity index (χ0) is 26.7. The molecule has 2 rings (SSSR count). The van der Waals surface area contributed by atoms with E-state index >= 15 is 0 Å². The van der Waals surface area contributed by atoms with Crippen LogP contribution in [0.2, 0.25) is 0 Å². The molecule has 11 heteroatoms. The Labute approximate surface area is 211 Å². The predicted molar refractivity (Wildman–Crippen MR) is 132 cm³/mol. The molecule has 1 fully saturated rings. The number of hydrogen-bond acceptors (Lipinski definition) is 6. The summed E-state index contributed by atoms with van der Waals surface area (Å²) in [6, 6.07) is 5.28. The van der Waals surface area contributed by atoms with E-state index in [9.17, 15) is 29.1 Å². The van der Waals surface area contributed by atoms with Crippen LogP contribution in [-0.4, -0.2) is 65.4 Å². The Bertz CT molecular complexity index is 917. The number of aliphatic carboxylic acids is 1. The van der Waals surface area contributed by atoms with Gasteiger partial charge in [0.2, 0.25) is 23.6 Å². The molecule has 0 aliphatic carbocycles. The Morgan fingerprint density at radius 3 is 2.19 bits per heavy atom. The summed E-state index contributed by atoms with van der Waals surface area (Å²) in [4.78, 5) is 61.8. The van der Waals surface area contributed by atoms with Gasteiger partial charge in [0.25, 0.3) is 0 Å². The molecule has 7 N–H and O–H groups in total. The molecule has 1 aromatic carbocycles. The van der Waals surface area contributed by atoms with Gasteiger partial charge in [-0.25, -0.2) is 4.79 Å². The second-order valence-electron chi connectivity index (χ2n) is 9.49. The van der Waals surface area contributed by atoms with Crippen molar-refractivity contribution in [3.05, 3.63) is 35.9 Å². The SMILES string of the molecule is CC(C)CC(NC(=O)C1CCCN1)C(=O)NC(Cc1ccccc1)C(=O)NC(CCC(N)=O)C(=O)O. The second kappa shape index (κ2) is 14.2. The van der Waals surface area contributed by atoms with Crippen LogP contribution in [0.15, 0.2) is 30.3 Å². The quantitative estimate of drug-likeness (QED) is 0.204. The normalized spacial score (nSPS) is 17.6. The molecular weight excluding hydrogens is 466 g/mol. The fraction of sp³-hybridized carbons (Fsp3) is 0.560. The highest BCUT2D eigenvalue weighted by Gasteiger charge is 2.32. The van der Waals surface area contributed by atoms with Gasteiger partial charge in [0.1, 0.15) is 18.1 Å². The number of rotatable bonds is 14. The zero-order valence-corrected chi connectivity index (χ0v) is 20.8. The third kappa shape index (κ3) is 9.65. The summed E-state index contributed by atoms with van der Waals surface area (Å²) in [6.07, 6.45) is 1.63. The fourth-order valence-corrected chi connectivity index (χ4v) is 4.03. The number of carbonyl (C=O) groups is 5. The predicted octanol–water partition coefficient (Wildman–Crippen LogP) is -0.168. The van der Waals surface area contributed by atoms with Gasteiger partial charge in [-0.3, -0.25) is 19.2 Å². The maximum absolute atomic E-state index is 13.3. The summed E-state index contributed by atoms with van der Waals surface area (Å²) in [5, 5.41) is 20.5. The molecule has 1 aliphatic rings. The van der Waals surface area contributed by atoms with Gasteiger partial charge in [-0.2, -0.15) is 0 Å². The molecule has 4 atom stereocenters. The highest BCUT2D eigenvalue weighted by molar-refractivity contribution is 5.94. The number of hydrogen-bond donors (Lipinski definition) is 6. The average molecular weight is 504 g/mol. The van der Waals surface area contributed by atoms with Crippen LogP contribution in [0.4, 0.5) is 0 Å². The molecule has 198 valence electrons. The number of carbonyl (C=O) groups excluding carboxylic acids is 4. The summed E-state index contributed by atoms with van der Waals surface area (Å²) in [5.41, 5.74) is 5.87. The minimum absolute atomic E-state index is 0.0872. The van der Waals surface area contributed by atoms with E-state index < -0.39 is 41.8 Å². The van der Waals surface area contributed by atoms with Gasteiger partial charge >= 0.3 is 5.97 Å². The monoisotopic (exact) mass is 503 g/mol. The van der Waals surface area contributed by atoms with Crippen LogP contribution in [0.3, 0.4) is 0 Å². The van der Waals surface area contributed by atoms with Gasteiger partial charge in [-0.1, -0.05) is 44.2 Å². The number of benzene rings is 1. The van der Waals surface area contributed by atoms with Crippen molar-refractivity contribution in [2.45, 2.75) is 76.5 Å². The van der Waals surface area contributed by atoms with Gasteiger partial charge in [0.15, 0.2) is 0 Å². The van der Waals surface area contributed by atoms with Crippen LogP contribution < -0.4 is 27.0 Å². The van der Waals surface area contributed by atoms with Crippen LogP contribution in [0.5, 0.6) is 0 Å². The van der Waals surface area contributed by atoms with Gasteiger partial charge in [0.05, 0.1) is 6.04 Å². The largest absolute Gasteiger partial charge is 0.480 e. The van der Waals surface area contributed by atoms with Crippen LogP contribution in [0.1, 0.15) is 51.5 Å². The van der Waals surface area contributed by atoms with Crippen LogP contribution >= 0.6 is 0 Å². The van der Waals surface area contributed by atoms with Crippen LogP contribution in [0, 0.1) is 5.92 Å². The van der Waals surface area contributed by atoms with Gasteiger partial charge in [-0.15, -0.1) is 0 Å². The summed E-state index contributed by atoms with van der Waals surface area (Å²) in [5.74, 6) is -3.43. The minimum Gasteiger partial charge on any atom is -0.480 e. The molecule has 36 heavy (non-hydrogen) atoms. The van der Waals surface area contributed by atoms with E-state index in [1.165, 1.54) is 0 Å². The zero-order valence-electron chi connectivity index (χ0n) is 20.8. The molecule has 0 bridgehead atoms. The third-order valence-corrected chi connectivity index (χ3v) is 5.93. The van der Waals surface area contributed by atoms with E-state index in [0.717, 1.165) is 18.5 Å². The van der Waals surface area contributed by atoms with Crippen molar-refractivity contribution < 1.29 is 29.1 Å². The molecular formula is C25H37N5O6. The molecule has 4 amide bonds. The smallest absolute Gasteiger partial charge is 0.326 e. The van der Waals surface area contributed by atoms with Crippen molar-refractivity contribution in [1.29, 1.82) is 0 Å². The van der Waals surface area contributed by atoms with Crippen molar-refractivity contribution in [3.63, 3.8) is 0 Å². The molecule has 4 unspecified atom stereocenters. The molecule has 1 aliphatic heterocycles. The van der Waals surface area contributed by atoms with E-state index in [-0.39, 0.29) is 37.1 Å². The number of nitrogens with one attached hydrogen (secondary N) is 4. The first-order chi connectivity index (χ1) is 17.1. The molecule has 0 aromatic heterocycles. The summed E-state index contributed by atoms with van der Waals surface area (Å²) in [6.45, 7) is 4.58. The number of carboxylic acid groups (broad SMARTS) is 1. The number of nitrogens with two attached hydrogens (primary N) is 1. The van der Waals surface area contributed by atoms with Crippen molar-refractivity contribution >= 4 is 29.6 Å². The minimum atomic E-state index is -1.35. The fourth-order valence-electron chi connectivity index (χ4n) is 4.03. The third-order valence-electron chi connectivity index (χ3n) is 5.93. The van der Waals surface area contributed by atoms with E-state index in [2.05, 4.69) is 21.3 Å². The number of amides is 4. The van der Waals surface area contributed by atoms with Crippen molar-refractivity contribution in [1.82, 2.24) is 21.3 Å². The lowest BCUT2D eigenvalue weighted by atomic mass is 10.00. The first kappa shape index (κ1) is 28.8. The molecule has 0 radical (unpaired) electrons. The highest BCUT2D eigenvalue weighted by Crippen LogP contribution is 2.11. The molecule has 1 saturated heterocycles. The molecule has 1 heterocycles. The Kier molecular flexibility index (Phi) is 11.3. The molecule has 0 saturated carbocycles. The van der Waals surface area contributed by atoms with E-state index in [0.29, 0.717) is 12.8 Å². The Balaban J connectivity index is 2.18. The second-order valence-corrected chi connectivity index (χ2v) is 9.49. The Morgan fingerprint density at radius 2 is 1.64 bits per heavy atom. The first-order valence-electron chi connectivity index (χ1n) is 12.3. The lowest BCUT2D eigenvalue weighted by Crippen LogP contribution is -2.57. The highest BCUT2D eigenvalue weighted by atomic mass is 16.4. The molecule has 1 aromatic rings. The van der Waals surface area contributed by atoms with Crippen LogP contribution in [-0.2, 0) is 30.4 Å². The number of carboxylic acids is 1. The first-order valence-corrected chi connectivity index (χ1v) is 12.3. The molecule has 0 spiro atoms. The average Bonchev–Trinajstić information content (AvgIpc) is 3.36. The summed E-state index contributed by atoms with van der Waals surface area (Å²) >= 11 is 0. The van der Waals surface area contributed by atoms with Crippen LogP contribution in [0.25, 0.3) is 0 Å². The maximum atomic E-state index is 13.3.